The van der Waals surface area contributed by atoms with Crippen LogP contribution in [0, 0.1) is 0 Å². The van der Waals surface area contributed by atoms with Crippen LogP contribution in [0.25, 0.3) is 0 Å². The molecule has 0 radical (unpaired) electrons. The molecule has 35 heavy (non-hydrogen) atoms. The van der Waals surface area contributed by atoms with Gasteiger partial charge in [-0.05, 0) is 81.1 Å². The fraction of sp³-hybridized carbons (Fsp3) is 0.385. The number of methoxy groups -OCH3 is 1. The molecule has 3 rings (SSSR count). The summed E-state index contributed by atoms with van der Waals surface area (Å²) < 4.78 is 33.4. The van der Waals surface area contributed by atoms with E-state index in [-0.39, 0.29) is 34.8 Å². The molecule has 188 valence electrons. The molecule has 1 saturated heterocycles. The fourth-order valence-corrected chi connectivity index (χ4v) is 6.37. The van der Waals surface area contributed by atoms with E-state index in [4.69, 9.17) is 4.74 Å². The van der Waals surface area contributed by atoms with Gasteiger partial charge in [-0.25, -0.2) is 8.42 Å². The van der Waals surface area contributed by atoms with Crippen molar-refractivity contribution in [2.24, 2.45) is 0 Å². The van der Waals surface area contributed by atoms with Gasteiger partial charge in [-0.15, -0.1) is 0 Å². The average molecular weight is 500 g/mol. The minimum atomic E-state index is -3.76. The molecule has 2 unspecified atom stereocenters. The Labute approximate surface area is 207 Å². The third-order valence-electron chi connectivity index (χ3n) is 6.20. The summed E-state index contributed by atoms with van der Waals surface area (Å²) in [6, 6.07) is 12.9. The highest BCUT2D eigenvalue weighted by Gasteiger charge is 2.39. The summed E-state index contributed by atoms with van der Waals surface area (Å²) in [5.41, 5.74) is 1.47. The fourth-order valence-electron chi connectivity index (χ4n) is 4.53. The molecule has 0 saturated carbocycles. The molecule has 0 aromatic heterocycles. The van der Waals surface area contributed by atoms with Crippen LogP contribution < -0.4 is 15.4 Å². The molecule has 1 aliphatic rings. The van der Waals surface area contributed by atoms with Crippen molar-refractivity contribution in [3.05, 3.63) is 72.3 Å². The number of rotatable bonds is 9. The molecule has 1 fully saturated rings. The molecule has 2 aromatic rings. The van der Waals surface area contributed by atoms with Crippen LogP contribution in [0.5, 0.6) is 5.75 Å². The van der Waals surface area contributed by atoms with E-state index in [1.165, 1.54) is 34.6 Å². The van der Waals surface area contributed by atoms with Gasteiger partial charge in [0.15, 0.2) is 0 Å². The molecule has 0 aliphatic carbocycles. The highest BCUT2D eigenvalue weighted by molar-refractivity contribution is 7.89. The van der Waals surface area contributed by atoms with Crippen molar-refractivity contribution in [3.63, 3.8) is 0 Å². The molecule has 2 aromatic carbocycles. The van der Waals surface area contributed by atoms with Crippen molar-refractivity contribution in [1.82, 2.24) is 14.9 Å². The summed E-state index contributed by atoms with van der Waals surface area (Å²) in [7, 11) is -2.15. The second kappa shape index (κ2) is 11.5. The minimum Gasteiger partial charge on any atom is -0.497 e. The van der Waals surface area contributed by atoms with Gasteiger partial charge in [-0.2, -0.15) is 4.31 Å². The van der Waals surface area contributed by atoms with E-state index < -0.39 is 10.0 Å². The second-order valence-corrected chi connectivity index (χ2v) is 10.6. The van der Waals surface area contributed by atoms with E-state index >= 15 is 0 Å². The topological polar surface area (TPSA) is 105 Å². The lowest BCUT2D eigenvalue weighted by Gasteiger charge is -2.41. The Morgan fingerprint density at radius 2 is 1.66 bits per heavy atom. The van der Waals surface area contributed by atoms with E-state index in [1.807, 2.05) is 38.1 Å². The first-order valence-electron chi connectivity index (χ1n) is 11.6. The van der Waals surface area contributed by atoms with Gasteiger partial charge in [0.05, 0.1) is 12.0 Å². The van der Waals surface area contributed by atoms with Crippen LogP contribution >= 0.6 is 0 Å². The van der Waals surface area contributed by atoms with E-state index in [0.717, 1.165) is 11.3 Å². The molecule has 9 heteroatoms. The molecule has 8 nitrogen and oxygen atoms in total. The maximum Gasteiger partial charge on any atom is 0.251 e. The van der Waals surface area contributed by atoms with Gasteiger partial charge in [0.25, 0.3) is 5.91 Å². The lowest BCUT2D eigenvalue weighted by atomic mass is 9.95. The van der Waals surface area contributed by atoms with Crippen LogP contribution in [-0.2, 0) is 21.2 Å². The van der Waals surface area contributed by atoms with Crippen LogP contribution in [0.1, 0.15) is 42.6 Å². The second-order valence-electron chi connectivity index (χ2n) is 8.79. The van der Waals surface area contributed by atoms with E-state index in [9.17, 15) is 18.0 Å². The molecule has 1 aliphatic heterocycles. The number of amides is 2. The number of sulfonamides is 1. The molecule has 1 heterocycles. The van der Waals surface area contributed by atoms with Gasteiger partial charge < -0.3 is 15.4 Å². The van der Waals surface area contributed by atoms with Gasteiger partial charge in [0.2, 0.25) is 15.9 Å². The van der Waals surface area contributed by atoms with Crippen molar-refractivity contribution in [1.29, 1.82) is 0 Å². The number of piperidine rings is 1. The first-order chi connectivity index (χ1) is 16.6. The van der Waals surface area contributed by atoms with Crippen LogP contribution in [-0.4, -0.2) is 56.3 Å². The number of carbonyl (C=O) groups excluding carboxylic acids is 2. The highest BCUT2D eigenvalue weighted by Crippen LogP contribution is 2.30. The lowest BCUT2D eigenvalue weighted by Crippen LogP contribution is -2.54. The Kier molecular flexibility index (Phi) is 8.69. The van der Waals surface area contributed by atoms with Crippen molar-refractivity contribution in [3.8, 4) is 5.75 Å². The Bertz CT molecular complexity index is 1130. The monoisotopic (exact) mass is 499 g/mol. The van der Waals surface area contributed by atoms with E-state index in [1.54, 1.807) is 7.11 Å². The molecular weight excluding hydrogens is 466 g/mol. The zero-order valence-electron chi connectivity index (χ0n) is 20.4. The summed E-state index contributed by atoms with van der Waals surface area (Å²) in [6.45, 7) is 7.59. The molecule has 0 spiro atoms. The Balaban J connectivity index is 1.60. The smallest absolute Gasteiger partial charge is 0.251 e. The lowest BCUT2D eigenvalue weighted by molar-refractivity contribution is -0.117. The van der Waals surface area contributed by atoms with Crippen molar-refractivity contribution in [2.45, 2.75) is 56.1 Å². The molecular formula is C26H33N3O5S. The number of hydrogen-bond donors (Lipinski definition) is 2. The van der Waals surface area contributed by atoms with Crippen LogP contribution in [0.4, 0.5) is 0 Å². The Morgan fingerprint density at radius 1 is 1.06 bits per heavy atom. The third-order valence-corrected chi connectivity index (χ3v) is 8.34. The average Bonchev–Trinajstić information content (AvgIpc) is 2.83. The summed E-state index contributed by atoms with van der Waals surface area (Å²) in [5, 5.41) is 5.73. The number of ether oxygens (including phenoxy) is 1. The maximum absolute atomic E-state index is 13.4. The predicted molar refractivity (Wildman–Crippen MR) is 135 cm³/mol. The van der Waals surface area contributed by atoms with Gasteiger partial charge in [0.1, 0.15) is 5.75 Å². The Morgan fingerprint density at radius 3 is 2.20 bits per heavy atom. The van der Waals surface area contributed by atoms with Gasteiger partial charge in [0, 0.05) is 30.2 Å². The SMILES string of the molecule is C=CC(=O)NC1CC(C)N(S(=O)(=O)c2ccc(C(=O)NCCc3ccc(OC)cc3)cc2)C(C)C1. The van der Waals surface area contributed by atoms with Crippen molar-refractivity contribution in [2.75, 3.05) is 13.7 Å². The van der Waals surface area contributed by atoms with Crippen LogP contribution in [0.2, 0.25) is 0 Å². The number of nitrogens with zero attached hydrogens (tertiary/aromatic N) is 1. The predicted octanol–water partition coefficient (Wildman–Crippen LogP) is 2.90. The zero-order chi connectivity index (χ0) is 25.6. The van der Waals surface area contributed by atoms with Crippen LogP contribution in [0.3, 0.4) is 0 Å². The Hall–Kier alpha value is -3.17. The molecule has 2 atom stereocenters. The summed E-state index contributed by atoms with van der Waals surface area (Å²) in [6.07, 6.45) is 2.91. The minimum absolute atomic E-state index is 0.110. The third kappa shape index (κ3) is 6.49. The quantitative estimate of drug-likeness (QED) is 0.516. The summed E-state index contributed by atoms with van der Waals surface area (Å²) >= 11 is 0. The first kappa shape index (κ1) is 26.4. The number of hydrogen-bond acceptors (Lipinski definition) is 5. The number of nitrogens with one attached hydrogen (secondary N) is 2. The summed E-state index contributed by atoms with van der Waals surface area (Å²) in [4.78, 5) is 24.3. The van der Waals surface area contributed by atoms with Crippen molar-refractivity contribution < 1.29 is 22.7 Å². The van der Waals surface area contributed by atoms with E-state index in [0.29, 0.717) is 31.4 Å². The van der Waals surface area contributed by atoms with Gasteiger partial charge >= 0.3 is 0 Å². The van der Waals surface area contributed by atoms with Gasteiger partial charge in [-0.1, -0.05) is 18.7 Å². The molecule has 2 N–H and O–H groups in total. The summed E-state index contributed by atoms with van der Waals surface area (Å²) in [5.74, 6) is 0.256. The van der Waals surface area contributed by atoms with Crippen LogP contribution in [0.15, 0.2) is 66.1 Å². The highest BCUT2D eigenvalue weighted by atomic mass is 32.2. The number of carbonyl (C=O) groups is 2. The maximum atomic E-state index is 13.4. The van der Waals surface area contributed by atoms with E-state index in [2.05, 4.69) is 17.2 Å². The normalized spacial score (nSPS) is 20.6. The zero-order valence-corrected chi connectivity index (χ0v) is 21.2. The first-order valence-corrected chi connectivity index (χ1v) is 13.1. The standard InChI is InChI=1S/C26H33N3O5S/c1-5-25(30)28-22-16-18(2)29(19(3)17-22)35(32,33)24-12-8-21(9-13-24)26(31)27-15-14-20-6-10-23(34-4)11-7-20/h5-13,18-19,22H,1,14-17H2,2-4H3,(H,27,31)(H,28,30). The van der Waals surface area contributed by atoms with Crippen molar-refractivity contribution >= 4 is 21.8 Å². The number of benzene rings is 2. The molecule has 0 bridgehead atoms. The largest absolute Gasteiger partial charge is 0.497 e. The molecule has 2 amide bonds. The van der Waals surface area contributed by atoms with Gasteiger partial charge in [-0.3, -0.25) is 9.59 Å².